The maximum Gasteiger partial charge on any atom is 0.153 e. The van der Waals surface area contributed by atoms with Gasteiger partial charge in [0.2, 0.25) is 0 Å². The predicted octanol–water partition coefficient (Wildman–Crippen LogP) is 1.52. The lowest BCUT2D eigenvalue weighted by atomic mass is 10.1. The van der Waals surface area contributed by atoms with Crippen LogP contribution in [0.1, 0.15) is 25.5 Å². The molecular weight excluding hydrogens is 238 g/mol. The van der Waals surface area contributed by atoms with E-state index in [4.69, 9.17) is 10.5 Å². The Morgan fingerprint density at radius 3 is 2.35 bits per heavy atom. The van der Waals surface area contributed by atoms with Crippen molar-refractivity contribution < 1.29 is 13.2 Å². The average molecular weight is 257 g/mol. The molecule has 0 bridgehead atoms. The molecule has 0 aliphatic rings. The highest BCUT2D eigenvalue weighted by Crippen LogP contribution is 2.15. The number of sulfone groups is 1. The summed E-state index contributed by atoms with van der Waals surface area (Å²) >= 11 is 0. The summed E-state index contributed by atoms with van der Waals surface area (Å²) < 4.78 is 27.8. The highest BCUT2D eigenvalue weighted by atomic mass is 32.2. The minimum absolute atomic E-state index is 0.00970. The normalized spacial score (nSPS) is 13.4. The van der Waals surface area contributed by atoms with Crippen LogP contribution in [0.4, 0.5) is 0 Å². The summed E-state index contributed by atoms with van der Waals surface area (Å²) in [5.74, 6) is 0.874. The first-order valence-electron chi connectivity index (χ1n) is 5.63. The van der Waals surface area contributed by atoms with Crippen LogP contribution in [0.3, 0.4) is 0 Å². The van der Waals surface area contributed by atoms with E-state index in [1.807, 2.05) is 19.1 Å². The fourth-order valence-electron chi connectivity index (χ4n) is 1.30. The minimum Gasteiger partial charge on any atom is -0.493 e. The summed E-state index contributed by atoms with van der Waals surface area (Å²) in [6.45, 7) is 3.73. The summed E-state index contributed by atoms with van der Waals surface area (Å²) in [7, 11) is -2.96. The lowest BCUT2D eigenvalue weighted by Crippen LogP contribution is -2.15. The van der Waals surface area contributed by atoms with E-state index < -0.39 is 9.84 Å². The van der Waals surface area contributed by atoms with Gasteiger partial charge in [-0.25, -0.2) is 8.42 Å². The maximum atomic E-state index is 11.2. The smallest absolute Gasteiger partial charge is 0.153 e. The maximum absolute atomic E-state index is 11.2. The third-order valence-corrected chi connectivity index (χ3v) is 4.18. The first kappa shape index (κ1) is 14.0. The Bertz CT molecular complexity index is 437. The summed E-state index contributed by atoms with van der Waals surface area (Å²) in [5.41, 5.74) is 6.75. The summed E-state index contributed by atoms with van der Waals surface area (Å²) in [6.07, 6.45) is 0. The second-order valence-corrected chi connectivity index (χ2v) is 6.42. The molecule has 0 heterocycles. The van der Waals surface area contributed by atoms with E-state index in [1.165, 1.54) is 0 Å². The average Bonchev–Trinajstić information content (AvgIpc) is 2.29. The molecule has 0 saturated carbocycles. The van der Waals surface area contributed by atoms with Crippen molar-refractivity contribution in [3.63, 3.8) is 0 Å². The van der Waals surface area contributed by atoms with Crippen molar-refractivity contribution in [1.82, 2.24) is 0 Å². The Balaban J connectivity index is 2.48. The number of rotatable bonds is 6. The van der Waals surface area contributed by atoms with Crippen molar-refractivity contribution in [2.24, 2.45) is 5.73 Å². The summed E-state index contributed by atoms with van der Waals surface area (Å²) in [6, 6.07) is 7.36. The minimum atomic E-state index is -2.96. The topological polar surface area (TPSA) is 69.4 Å². The molecule has 2 N–H and O–H groups in total. The zero-order valence-electron chi connectivity index (χ0n) is 10.2. The Kier molecular flexibility index (Phi) is 4.96. The Morgan fingerprint density at radius 1 is 1.29 bits per heavy atom. The highest BCUT2D eigenvalue weighted by molar-refractivity contribution is 7.91. The molecule has 1 aromatic rings. The van der Waals surface area contributed by atoms with Crippen LogP contribution in [-0.4, -0.2) is 26.5 Å². The fraction of sp³-hybridized carbons (Fsp3) is 0.500. The number of hydrogen-bond donors (Lipinski definition) is 1. The second-order valence-electron chi connectivity index (χ2n) is 3.94. The molecule has 5 heteroatoms. The van der Waals surface area contributed by atoms with Gasteiger partial charge >= 0.3 is 0 Å². The van der Waals surface area contributed by atoms with E-state index in [-0.39, 0.29) is 24.2 Å². The monoisotopic (exact) mass is 257 g/mol. The predicted molar refractivity (Wildman–Crippen MR) is 68.9 cm³/mol. The first-order valence-corrected chi connectivity index (χ1v) is 7.45. The first-order chi connectivity index (χ1) is 7.94. The van der Waals surface area contributed by atoms with Gasteiger partial charge in [0.15, 0.2) is 9.84 Å². The molecule has 0 unspecified atom stereocenters. The molecular formula is C12H19NO3S. The van der Waals surface area contributed by atoms with Crippen LogP contribution < -0.4 is 10.5 Å². The van der Waals surface area contributed by atoms with Crippen molar-refractivity contribution in [1.29, 1.82) is 0 Å². The molecule has 96 valence electrons. The van der Waals surface area contributed by atoms with Crippen molar-refractivity contribution >= 4 is 9.84 Å². The van der Waals surface area contributed by atoms with Gasteiger partial charge in [0.05, 0.1) is 5.75 Å². The molecule has 1 atom stereocenters. The number of benzene rings is 1. The fourth-order valence-corrected chi connectivity index (χ4v) is 1.92. The lowest BCUT2D eigenvalue weighted by molar-refractivity contribution is 0.341. The molecule has 0 spiro atoms. The molecule has 0 aliphatic heterocycles. The van der Waals surface area contributed by atoms with Gasteiger partial charge in [-0.15, -0.1) is 0 Å². The molecule has 1 rings (SSSR count). The number of hydrogen-bond acceptors (Lipinski definition) is 4. The number of nitrogens with two attached hydrogens (primary N) is 1. The van der Waals surface area contributed by atoms with Gasteiger partial charge in [-0.3, -0.25) is 0 Å². The van der Waals surface area contributed by atoms with Gasteiger partial charge in [0, 0.05) is 11.8 Å². The molecule has 17 heavy (non-hydrogen) atoms. The molecule has 0 amide bonds. The Labute approximate surface area is 103 Å². The quantitative estimate of drug-likeness (QED) is 0.839. The molecule has 4 nitrogen and oxygen atoms in total. The third-order valence-electron chi connectivity index (χ3n) is 2.51. The van der Waals surface area contributed by atoms with Crippen LogP contribution in [0, 0.1) is 0 Å². The van der Waals surface area contributed by atoms with Crippen LogP contribution in [0.5, 0.6) is 5.75 Å². The van der Waals surface area contributed by atoms with Gasteiger partial charge in [-0.2, -0.15) is 0 Å². The summed E-state index contributed by atoms with van der Waals surface area (Å²) in [5, 5.41) is 0. The van der Waals surface area contributed by atoms with Gasteiger partial charge in [-0.1, -0.05) is 19.1 Å². The van der Waals surface area contributed by atoms with Crippen LogP contribution in [0.15, 0.2) is 24.3 Å². The van der Waals surface area contributed by atoms with E-state index in [2.05, 4.69) is 0 Å². The van der Waals surface area contributed by atoms with Crippen LogP contribution >= 0.6 is 0 Å². The second kappa shape index (κ2) is 6.02. The zero-order chi connectivity index (χ0) is 12.9. The van der Waals surface area contributed by atoms with Gasteiger partial charge in [0.1, 0.15) is 12.4 Å². The highest BCUT2D eigenvalue weighted by Gasteiger charge is 2.07. The summed E-state index contributed by atoms with van der Waals surface area (Å²) in [4.78, 5) is 0. The van der Waals surface area contributed by atoms with E-state index in [0.29, 0.717) is 5.75 Å². The van der Waals surface area contributed by atoms with Crippen molar-refractivity contribution in [2.75, 3.05) is 18.1 Å². The van der Waals surface area contributed by atoms with Gasteiger partial charge in [-0.05, 0) is 24.6 Å². The van der Waals surface area contributed by atoms with E-state index in [0.717, 1.165) is 5.56 Å². The molecule has 0 saturated heterocycles. The Morgan fingerprint density at radius 2 is 1.88 bits per heavy atom. The van der Waals surface area contributed by atoms with Crippen LogP contribution in [0.2, 0.25) is 0 Å². The standard InChI is InChI=1S/C12H19NO3S/c1-3-17(14,15)9-8-16-12-6-4-11(5-7-12)10(2)13/h4-7,10H,3,8-9,13H2,1-2H3/t10-/m0/s1. The van der Waals surface area contributed by atoms with Gasteiger partial charge in [0.25, 0.3) is 0 Å². The largest absolute Gasteiger partial charge is 0.493 e. The molecule has 0 aromatic heterocycles. The van der Waals surface area contributed by atoms with E-state index in [1.54, 1.807) is 19.1 Å². The van der Waals surface area contributed by atoms with E-state index in [9.17, 15) is 8.42 Å². The van der Waals surface area contributed by atoms with Crippen molar-refractivity contribution in [2.45, 2.75) is 19.9 Å². The SMILES string of the molecule is CCS(=O)(=O)CCOc1ccc([C@H](C)N)cc1. The number of ether oxygens (including phenoxy) is 1. The zero-order valence-corrected chi connectivity index (χ0v) is 11.0. The van der Waals surface area contributed by atoms with Crippen LogP contribution in [0.25, 0.3) is 0 Å². The van der Waals surface area contributed by atoms with Crippen molar-refractivity contribution in [3.05, 3.63) is 29.8 Å². The van der Waals surface area contributed by atoms with Crippen molar-refractivity contribution in [3.8, 4) is 5.75 Å². The molecule has 0 aliphatic carbocycles. The molecule has 0 radical (unpaired) electrons. The lowest BCUT2D eigenvalue weighted by Gasteiger charge is -2.08. The Hall–Kier alpha value is -1.07. The van der Waals surface area contributed by atoms with Gasteiger partial charge < -0.3 is 10.5 Å². The molecule has 0 fully saturated rings. The van der Waals surface area contributed by atoms with Crippen LogP contribution in [-0.2, 0) is 9.84 Å². The molecule has 1 aromatic carbocycles. The third kappa shape index (κ3) is 4.75. The van der Waals surface area contributed by atoms with E-state index >= 15 is 0 Å².